The number of amides is 5. The molecule has 0 spiro atoms. The molecule has 0 aromatic heterocycles. The zero-order valence-corrected chi connectivity index (χ0v) is 71.3. The summed E-state index contributed by atoms with van der Waals surface area (Å²) in [5.74, 6) is -11.8. The summed E-state index contributed by atoms with van der Waals surface area (Å²) in [5.41, 5.74) is 0. The Morgan fingerprint density at radius 3 is 0.692 bits per heavy atom. The molecule has 0 aromatic carbocycles. The zero-order chi connectivity index (χ0) is 84.7. The third-order valence-corrected chi connectivity index (χ3v) is 19.6. The Balaban J connectivity index is 0.977. The Bertz CT molecular complexity index is 2540. The van der Waals surface area contributed by atoms with Crippen molar-refractivity contribution >= 4 is 35.5 Å². The van der Waals surface area contributed by atoms with Gasteiger partial charge in [-0.2, -0.15) is 0 Å². The molecule has 0 aliphatic carbocycles. The summed E-state index contributed by atoms with van der Waals surface area (Å²) in [4.78, 5) is 89.8. The van der Waals surface area contributed by atoms with Crippen LogP contribution in [0.3, 0.4) is 0 Å². The lowest BCUT2D eigenvalue weighted by Gasteiger charge is -2.36. The maximum Gasteiger partial charge on any atom is 0.333 e. The molecule has 0 atom stereocenters. The van der Waals surface area contributed by atoms with E-state index in [0.29, 0.717) is 5.06 Å². The smallest absolute Gasteiger partial charge is 0.333 e. The summed E-state index contributed by atoms with van der Waals surface area (Å²) in [7, 11) is 0. The van der Waals surface area contributed by atoms with Crippen molar-refractivity contribution in [1.29, 1.82) is 0 Å². The molecule has 0 saturated carbocycles. The van der Waals surface area contributed by atoms with Crippen LogP contribution in [0.2, 0.25) is 0 Å². The Morgan fingerprint density at radius 2 is 0.504 bits per heavy atom. The van der Waals surface area contributed by atoms with Crippen LogP contribution < -0.4 is 10.6 Å². The second kappa shape index (κ2) is 45.0. The standard InChI is InChI=1S/C78H132N4O35/c1-71(2)101-35-57(36-102-71)93-27-53(28-94-58-37-103-72(3,4)104-38-58)89-23-51(24-90-54(29-95-59-39-105-73(5,6)106-40-59)30-96-60-41-107-74(7,8)108-42-60)79-65(83)21-81(67(85)19-20-70(88)117-82-68(86)17-18-69(82)87)22-66(84)80-52(25-91-55(31-97-61-43-109-75(9,10)110-44-61)32-98-62-45-111-76(11,12)112-46-62)26-92-56(33-99-63-47-113-77(13,14)114-48-63)34-100-64-49-115-78(15,16)116-50-64/h51-64H,17-50H2,1-16H3,(H,79,83)(H,80,84). The van der Waals surface area contributed by atoms with Crippen LogP contribution in [0.1, 0.15) is 136 Å². The van der Waals surface area contributed by atoms with E-state index in [0.717, 1.165) is 4.90 Å². The van der Waals surface area contributed by atoms with Gasteiger partial charge >= 0.3 is 5.97 Å². The molecule has 9 fully saturated rings. The first-order valence-corrected chi connectivity index (χ1v) is 40.7. The quantitative estimate of drug-likeness (QED) is 0.0824. The molecule has 39 heteroatoms. The van der Waals surface area contributed by atoms with Crippen molar-refractivity contribution in [2.45, 2.75) is 268 Å². The average molecular weight is 1690 g/mol. The number of imide groups is 1. The minimum absolute atomic E-state index is 0.0442. The molecule has 39 nitrogen and oxygen atoms in total. The fourth-order valence-corrected chi connectivity index (χ4v) is 12.3. The summed E-state index contributed by atoms with van der Waals surface area (Å²) in [6.45, 7) is 29.2. The third-order valence-electron chi connectivity index (χ3n) is 19.6. The molecule has 0 unspecified atom stereocenters. The molecule has 0 aromatic rings. The van der Waals surface area contributed by atoms with E-state index in [4.69, 9.17) is 137 Å². The molecule has 5 amide bonds. The average Bonchev–Trinajstić information content (AvgIpc) is 1.60. The van der Waals surface area contributed by atoms with E-state index in [1.807, 2.05) is 0 Å². The number of carbonyl (C=O) groups is 6. The minimum atomic E-state index is -1.11. The molecule has 0 radical (unpaired) electrons. The van der Waals surface area contributed by atoms with Gasteiger partial charge in [-0.15, -0.1) is 5.06 Å². The van der Waals surface area contributed by atoms with Gasteiger partial charge in [0.1, 0.15) is 86.3 Å². The molecule has 0 bridgehead atoms. The molecular formula is C78H132N4O35. The van der Waals surface area contributed by atoms with Gasteiger partial charge in [0.05, 0.1) is 203 Å². The highest BCUT2D eigenvalue weighted by Gasteiger charge is 2.40. The molecule has 2 N–H and O–H groups in total. The summed E-state index contributed by atoms with van der Waals surface area (Å²) in [6.07, 6.45) is -8.99. The van der Waals surface area contributed by atoms with Gasteiger partial charge in [0.25, 0.3) is 11.8 Å². The van der Waals surface area contributed by atoms with E-state index in [-0.39, 0.29) is 198 Å². The van der Waals surface area contributed by atoms with Crippen molar-refractivity contribution < 1.29 is 166 Å². The summed E-state index contributed by atoms with van der Waals surface area (Å²) in [6, 6.07) is -2.14. The van der Waals surface area contributed by atoms with Gasteiger partial charge in [-0.05, 0) is 111 Å². The van der Waals surface area contributed by atoms with Gasteiger partial charge in [0.2, 0.25) is 17.7 Å². The van der Waals surface area contributed by atoms with Crippen LogP contribution in [0.5, 0.6) is 0 Å². The van der Waals surface area contributed by atoms with Gasteiger partial charge in [-0.1, -0.05) is 0 Å². The molecule has 9 aliphatic rings. The van der Waals surface area contributed by atoms with Crippen LogP contribution in [-0.4, -0.2) is 375 Å². The van der Waals surface area contributed by atoms with Crippen LogP contribution in [0.25, 0.3) is 0 Å². The van der Waals surface area contributed by atoms with Gasteiger partial charge in [-0.3, -0.25) is 24.0 Å². The largest absolute Gasteiger partial charge is 0.371 e. The predicted octanol–water partition coefficient (Wildman–Crippen LogP) is 2.06. The number of hydrogen-bond donors (Lipinski definition) is 2. The van der Waals surface area contributed by atoms with Crippen LogP contribution in [-0.2, 0) is 166 Å². The van der Waals surface area contributed by atoms with E-state index in [9.17, 15) is 19.2 Å². The lowest BCUT2D eigenvalue weighted by Crippen LogP contribution is -2.52. The zero-order valence-electron chi connectivity index (χ0n) is 71.3. The Hall–Kier alpha value is -4.10. The highest BCUT2D eigenvalue weighted by atomic mass is 16.8. The Labute approximate surface area is 686 Å². The van der Waals surface area contributed by atoms with E-state index in [1.165, 1.54) is 0 Å². The molecule has 674 valence electrons. The number of carbonyl (C=O) groups excluding carboxylic acids is 6. The predicted molar refractivity (Wildman–Crippen MR) is 402 cm³/mol. The van der Waals surface area contributed by atoms with Crippen LogP contribution >= 0.6 is 0 Å². The summed E-state index contributed by atoms with van der Waals surface area (Å²) >= 11 is 0. The van der Waals surface area contributed by atoms with Crippen LogP contribution in [0.15, 0.2) is 0 Å². The molecule has 9 saturated heterocycles. The highest BCUT2D eigenvalue weighted by molar-refractivity contribution is 6.01. The molecule has 117 heavy (non-hydrogen) atoms. The first-order valence-electron chi connectivity index (χ1n) is 40.7. The fourth-order valence-electron chi connectivity index (χ4n) is 12.3. The summed E-state index contributed by atoms with van der Waals surface area (Å²) < 4.78 is 172. The fraction of sp³-hybridized carbons (Fsp3) is 0.923. The minimum Gasteiger partial charge on any atom is -0.371 e. The number of nitrogens with zero attached hydrogens (tertiary/aromatic N) is 2. The first kappa shape index (κ1) is 96.7. The van der Waals surface area contributed by atoms with Crippen molar-refractivity contribution in [3.8, 4) is 0 Å². The number of hydroxylamine groups is 2. The van der Waals surface area contributed by atoms with E-state index in [1.54, 1.807) is 111 Å². The van der Waals surface area contributed by atoms with Crippen molar-refractivity contribution in [3.63, 3.8) is 0 Å². The van der Waals surface area contributed by atoms with Crippen LogP contribution in [0.4, 0.5) is 0 Å². The number of ether oxygens (including phenoxy) is 28. The second-order valence-corrected chi connectivity index (χ2v) is 34.0. The van der Waals surface area contributed by atoms with Crippen molar-refractivity contribution in [3.05, 3.63) is 0 Å². The number of nitrogens with one attached hydrogen (secondary N) is 2. The second-order valence-electron chi connectivity index (χ2n) is 34.0. The monoisotopic (exact) mass is 1680 g/mol. The highest BCUT2D eigenvalue weighted by Crippen LogP contribution is 2.28. The van der Waals surface area contributed by atoms with Crippen molar-refractivity contribution in [2.75, 3.05) is 198 Å². The van der Waals surface area contributed by atoms with Gasteiger partial charge in [-0.25, -0.2) is 4.79 Å². The van der Waals surface area contributed by atoms with Crippen molar-refractivity contribution in [2.24, 2.45) is 0 Å². The molecular weight excluding hydrogens is 1550 g/mol. The Morgan fingerprint density at radius 1 is 0.316 bits per heavy atom. The Kier molecular flexibility index (Phi) is 37.2. The van der Waals surface area contributed by atoms with E-state index < -0.39 is 193 Å². The number of hydrogen-bond acceptors (Lipinski definition) is 35. The lowest BCUT2D eigenvalue weighted by atomic mass is 10.2. The maximum atomic E-state index is 15.1. The molecule has 9 aliphatic heterocycles. The van der Waals surface area contributed by atoms with E-state index >= 15 is 9.59 Å². The molecule has 9 heterocycles. The lowest BCUT2D eigenvalue weighted by molar-refractivity contribution is -0.288. The van der Waals surface area contributed by atoms with Crippen molar-refractivity contribution in [1.82, 2.24) is 20.6 Å². The van der Waals surface area contributed by atoms with Gasteiger partial charge < -0.3 is 153 Å². The summed E-state index contributed by atoms with van der Waals surface area (Å²) in [5, 5.41) is 6.29. The first-order chi connectivity index (χ1) is 55.2. The normalized spacial score (nSPS) is 23.9. The van der Waals surface area contributed by atoms with Gasteiger partial charge in [0.15, 0.2) is 46.3 Å². The SMILES string of the molecule is CC1(C)OCC(OCC(COC2COC(C)(C)OC2)OCC(COC(COC2COC(C)(C)OC2)COC2COC(C)(C)OC2)NC(=O)CN(CC(=O)NC(COC(COC2COC(C)(C)OC2)COC2COC(C)(C)OC2)COC(COC2COC(C)(C)OC2)COC2COC(C)(C)OC2)C(=O)CCC(=O)ON2C(=O)CCC2=O)CO1. The number of rotatable bonds is 46. The third kappa shape index (κ3) is 35.9. The molecule has 9 rings (SSSR count). The van der Waals surface area contributed by atoms with Gasteiger partial charge in [0, 0.05) is 19.3 Å². The van der Waals surface area contributed by atoms with E-state index in [2.05, 4.69) is 10.6 Å². The maximum absolute atomic E-state index is 15.1. The topological polar surface area (TPSA) is 401 Å². The van der Waals surface area contributed by atoms with Crippen LogP contribution in [0, 0.1) is 0 Å².